The molecule has 34 heavy (non-hydrogen) atoms. The summed E-state index contributed by atoms with van der Waals surface area (Å²) in [5.74, 6) is -0.989. The number of carbonyl (C=O) groups is 2. The summed E-state index contributed by atoms with van der Waals surface area (Å²) >= 11 is 0. The summed E-state index contributed by atoms with van der Waals surface area (Å²) in [5.41, 5.74) is 0.533. The Morgan fingerprint density at radius 3 is 2.38 bits per heavy atom. The molecule has 3 aromatic rings. The van der Waals surface area contributed by atoms with Crippen molar-refractivity contribution in [3.05, 3.63) is 82.9 Å². The van der Waals surface area contributed by atoms with Crippen LogP contribution in [0.5, 0.6) is 0 Å². The lowest BCUT2D eigenvalue weighted by Gasteiger charge is -2.32. The lowest BCUT2D eigenvalue weighted by molar-refractivity contribution is -0.137. The molecule has 0 saturated carbocycles. The van der Waals surface area contributed by atoms with Gasteiger partial charge in [0, 0.05) is 24.7 Å². The lowest BCUT2D eigenvalue weighted by Crippen LogP contribution is -2.46. The molecule has 0 bridgehead atoms. The molecule has 1 aromatic heterocycles. The topological polar surface area (TPSA) is 67.2 Å². The molecule has 1 aliphatic heterocycles. The molecule has 2 aromatic carbocycles. The van der Waals surface area contributed by atoms with E-state index in [1.165, 1.54) is 47.3 Å². The number of benzene rings is 2. The number of nitrogens with one attached hydrogen (secondary N) is 1. The Hall–Kier alpha value is -3.69. The summed E-state index contributed by atoms with van der Waals surface area (Å²) in [6, 6.07) is 9.90. The summed E-state index contributed by atoms with van der Waals surface area (Å²) in [6.45, 7) is 2.44. The van der Waals surface area contributed by atoms with Gasteiger partial charge in [-0.2, -0.15) is 18.3 Å². The minimum Gasteiger partial charge on any atom is -0.349 e. The Morgan fingerprint density at radius 1 is 1.06 bits per heavy atom. The summed E-state index contributed by atoms with van der Waals surface area (Å²) < 4.78 is 53.5. The van der Waals surface area contributed by atoms with Gasteiger partial charge in [0.05, 0.1) is 28.7 Å². The maximum absolute atomic E-state index is 13.1. The molecule has 1 fully saturated rings. The highest BCUT2D eigenvalue weighted by molar-refractivity contribution is 5.95. The van der Waals surface area contributed by atoms with Gasteiger partial charge in [-0.3, -0.25) is 9.59 Å². The van der Waals surface area contributed by atoms with E-state index in [1.807, 2.05) is 0 Å². The third-order valence-electron chi connectivity index (χ3n) is 5.88. The van der Waals surface area contributed by atoms with Gasteiger partial charge in [-0.15, -0.1) is 0 Å². The molecule has 1 N–H and O–H groups in total. The molecule has 2 heterocycles. The molecule has 0 aliphatic carbocycles. The van der Waals surface area contributed by atoms with E-state index in [9.17, 15) is 27.2 Å². The number of rotatable bonds is 4. The van der Waals surface area contributed by atoms with Crippen molar-refractivity contribution in [1.29, 1.82) is 0 Å². The zero-order valence-corrected chi connectivity index (χ0v) is 18.3. The van der Waals surface area contributed by atoms with Gasteiger partial charge in [-0.25, -0.2) is 9.07 Å². The molecular weight excluding hydrogens is 452 g/mol. The number of carbonyl (C=O) groups excluding carboxylic acids is 2. The SMILES string of the molecule is Cc1c(C(=O)N2CCC(NC(=O)c3ccc(F)cc3)CC2)cnn1-c1cccc(C(F)(F)F)c1. The first-order chi connectivity index (χ1) is 16.1. The van der Waals surface area contributed by atoms with Crippen LogP contribution < -0.4 is 5.32 Å². The molecule has 6 nitrogen and oxygen atoms in total. The van der Waals surface area contributed by atoms with Crippen molar-refractivity contribution in [3.63, 3.8) is 0 Å². The van der Waals surface area contributed by atoms with Crippen molar-refractivity contribution >= 4 is 11.8 Å². The molecule has 1 saturated heterocycles. The van der Waals surface area contributed by atoms with E-state index in [2.05, 4.69) is 10.4 Å². The van der Waals surface area contributed by atoms with Gasteiger partial charge in [-0.05, 0) is 62.2 Å². The predicted molar refractivity (Wildman–Crippen MR) is 116 cm³/mol. The molecule has 0 unspecified atom stereocenters. The van der Waals surface area contributed by atoms with Gasteiger partial charge < -0.3 is 10.2 Å². The number of aromatic nitrogens is 2. The number of nitrogens with zero attached hydrogens (tertiary/aromatic N) is 3. The zero-order valence-electron chi connectivity index (χ0n) is 18.3. The largest absolute Gasteiger partial charge is 0.416 e. The third-order valence-corrected chi connectivity index (χ3v) is 5.88. The first-order valence-electron chi connectivity index (χ1n) is 10.7. The van der Waals surface area contributed by atoms with Crippen LogP contribution in [-0.4, -0.2) is 45.6 Å². The molecule has 10 heteroatoms. The van der Waals surface area contributed by atoms with Crippen LogP contribution in [0, 0.1) is 12.7 Å². The van der Waals surface area contributed by atoms with Crippen LogP contribution in [0.25, 0.3) is 5.69 Å². The number of amides is 2. The highest BCUT2D eigenvalue weighted by Crippen LogP contribution is 2.30. The zero-order chi connectivity index (χ0) is 24.5. The average Bonchev–Trinajstić information content (AvgIpc) is 3.20. The number of likely N-dealkylation sites (tertiary alicyclic amines) is 1. The van der Waals surface area contributed by atoms with Crippen LogP contribution in [0.3, 0.4) is 0 Å². The normalized spacial score (nSPS) is 14.8. The Kier molecular flexibility index (Phi) is 6.41. The first-order valence-corrected chi connectivity index (χ1v) is 10.7. The lowest BCUT2D eigenvalue weighted by atomic mass is 10.0. The van der Waals surface area contributed by atoms with Crippen LogP contribution in [0.1, 0.15) is 44.8 Å². The Balaban J connectivity index is 1.40. The maximum Gasteiger partial charge on any atom is 0.416 e. The van der Waals surface area contributed by atoms with Crippen molar-refractivity contribution in [3.8, 4) is 5.69 Å². The van der Waals surface area contributed by atoms with E-state index in [1.54, 1.807) is 11.8 Å². The third kappa shape index (κ3) is 4.95. The fraction of sp³-hybridized carbons (Fsp3) is 0.292. The van der Waals surface area contributed by atoms with Gasteiger partial charge >= 0.3 is 6.18 Å². The minimum absolute atomic E-state index is 0.129. The fourth-order valence-electron chi connectivity index (χ4n) is 3.96. The van der Waals surface area contributed by atoms with Crippen molar-refractivity contribution in [1.82, 2.24) is 20.0 Å². The number of halogens is 4. The number of hydrogen-bond donors (Lipinski definition) is 1. The molecule has 1 aliphatic rings. The smallest absolute Gasteiger partial charge is 0.349 e. The van der Waals surface area contributed by atoms with Gasteiger partial charge in [0.25, 0.3) is 11.8 Å². The molecule has 2 amide bonds. The molecular formula is C24H22F4N4O2. The summed E-state index contributed by atoms with van der Waals surface area (Å²) in [4.78, 5) is 27.0. The number of piperidine rings is 1. The summed E-state index contributed by atoms with van der Waals surface area (Å²) in [5, 5.41) is 7.04. The van der Waals surface area contributed by atoms with Crippen molar-refractivity contribution in [2.45, 2.75) is 32.0 Å². The van der Waals surface area contributed by atoms with Crippen molar-refractivity contribution < 1.29 is 27.2 Å². The van der Waals surface area contributed by atoms with Crippen LogP contribution in [0.15, 0.2) is 54.7 Å². The monoisotopic (exact) mass is 474 g/mol. The second kappa shape index (κ2) is 9.28. The van der Waals surface area contributed by atoms with Crippen molar-refractivity contribution in [2.24, 2.45) is 0 Å². The second-order valence-electron chi connectivity index (χ2n) is 8.15. The maximum atomic E-state index is 13.1. The van der Waals surface area contributed by atoms with E-state index in [0.29, 0.717) is 42.8 Å². The van der Waals surface area contributed by atoms with Crippen LogP contribution in [-0.2, 0) is 6.18 Å². The quantitative estimate of drug-likeness (QED) is 0.571. The number of hydrogen-bond acceptors (Lipinski definition) is 3. The van der Waals surface area contributed by atoms with Crippen LogP contribution in [0.4, 0.5) is 17.6 Å². The molecule has 0 radical (unpaired) electrons. The fourth-order valence-corrected chi connectivity index (χ4v) is 3.96. The highest BCUT2D eigenvalue weighted by Gasteiger charge is 2.31. The van der Waals surface area contributed by atoms with E-state index < -0.39 is 17.6 Å². The average molecular weight is 474 g/mol. The van der Waals surface area contributed by atoms with E-state index in [0.717, 1.165) is 12.1 Å². The highest BCUT2D eigenvalue weighted by atomic mass is 19.4. The Labute approximate surface area is 193 Å². The van der Waals surface area contributed by atoms with Gasteiger partial charge in [0.15, 0.2) is 0 Å². The predicted octanol–water partition coefficient (Wildman–Crippen LogP) is 4.37. The van der Waals surface area contributed by atoms with Gasteiger partial charge in [0.1, 0.15) is 5.82 Å². The molecule has 4 rings (SSSR count). The van der Waals surface area contributed by atoms with E-state index in [-0.39, 0.29) is 23.5 Å². The summed E-state index contributed by atoms with van der Waals surface area (Å²) in [6.07, 6.45) is -2.04. The Bertz CT molecular complexity index is 1200. The van der Waals surface area contributed by atoms with Crippen molar-refractivity contribution in [2.75, 3.05) is 13.1 Å². The van der Waals surface area contributed by atoms with Crippen LogP contribution >= 0.6 is 0 Å². The van der Waals surface area contributed by atoms with Crippen LogP contribution in [0.2, 0.25) is 0 Å². The van der Waals surface area contributed by atoms with Gasteiger partial charge in [0.2, 0.25) is 0 Å². The number of alkyl halides is 3. The Morgan fingerprint density at radius 2 is 1.74 bits per heavy atom. The second-order valence-corrected chi connectivity index (χ2v) is 8.15. The summed E-state index contributed by atoms with van der Waals surface area (Å²) in [7, 11) is 0. The molecule has 178 valence electrons. The standard InChI is InChI=1S/C24H22F4N4O2/c1-15-21(14-29-32(15)20-4-2-3-17(13-20)24(26,27)28)23(34)31-11-9-19(10-12-31)30-22(33)16-5-7-18(25)8-6-16/h2-8,13-14,19H,9-12H2,1H3,(H,30,33). The first kappa shape index (κ1) is 23.5. The van der Waals surface area contributed by atoms with Gasteiger partial charge in [-0.1, -0.05) is 6.07 Å². The molecule has 0 spiro atoms. The molecule has 0 atom stereocenters. The minimum atomic E-state index is -4.48. The van der Waals surface area contributed by atoms with E-state index >= 15 is 0 Å². The van der Waals surface area contributed by atoms with E-state index in [4.69, 9.17) is 0 Å².